The number of hydrogen-bond donors (Lipinski definition) is 1. The highest BCUT2D eigenvalue weighted by atomic mass is 35.5. The predicted octanol–water partition coefficient (Wildman–Crippen LogP) is 6.03. The Labute approximate surface area is 149 Å². The van der Waals surface area contributed by atoms with Gasteiger partial charge in [-0.1, -0.05) is 62.7 Å². The lowest BCUT2D eigenvalue weighted by Gasteiger charge is -2.20. The van der Waals surface area contributed by atoms with Crippen LogP contribution in [0.4, 0.5) is 0 Å². The van der Waals surface area contributed by atoms with Gasteiger partial charge in [0.2, 0.25) is 0 Å². The van der Waals surface area contributed by atoms with E-state index in [0.29, 0.717) is 0 Å². The minimum absolute atomic E-state index is 0.0138. The minimum atomic E-state index is 0.0138. The number of halogens is 1. The normalized spacial score (nSPS) is 13.4. The van der Waals surface area contributed by atoms with Gasteiger partial charge in [-0.15, -0.1) is 0 Å². The third-order valence-corrected chi connectivity index (χ3v) is 4.56. The van der Waals surface area contributed by atoms with Crippen LogP contribution in [0.25, 0.3) is 22.0 Å². The van der Waals surface area contributed by atoms with Crippen molar-refractivity contribution in [1.29, 1.82) is 0 Å². The van der Waals surface area contributed by atoms with Crippen molar-refractivity contribution < 1.29 is 0 Å². The Morgan fingerprint density at radius 3 is 2.46 bits per heavy atom. The summed E-state index contributed by atoms with van der Waals surface area (Å²) in [4.78, 5) is 0. The molecule has 24 heavy (non-hydrogen) atoms. The lowest BCUT2D eigenvalue weighted by molar-refractivity contribution is 0.349. The Hall–Kier alpha value is -1.77. The maximum absolute atomic E-state index is 6.39. The van der Waals surface area contributed by atoms with E-state index in [1.165, 1.54) is 16.5 Å². The second-order valence-electron chi connectivity index (χ2n) is 7.77. The van der Waals surface area contributed by atoms with Crippen molar-refractivity contribution in [3.8, 4) is 11.1 Å². The molecule has 1 heterocycles. The van der Waals surface area contributed by atoms with Crippen molar-refractivity contribution in [2.45, 2.75) is 40.3 Å². The van der Waals surface area contributed by atoms with Crippen molar-refractivity contribution in [2.24, 2.45) is 11.1 Å². The van der Waals surface area contributed by atoms with E-state index >= 15 is 0 Å². The standard InChI is InChI=1S/C21H25ClN2/c1-14(23)18-12-24(13-21(2,3)4)20-11-15(9-10-17(18)20)16-7-5-6-8-19(16)22/h5-12,14H,13,23H2,1-4H3/t14-/m1/s1. The molecule has 0 amide bonds. The molecule has 0 aliphatic carbocycles. The van der Waals surface area contributed by atoms with E-state index < -0.39 is 0 Å². The number of benzene rings is 2. The lowest BCUT2D eigenvalue weighted by atomic mass is 9.97. The molecular weight excluding hydrogens is 316 g/mol. The number of nitrogens with two attached hydrogens (primary N) is 1. The van der Waals surface area contributed by atoms with E-state index in [0.717, 1.165) is 22.7 Å². The van der Waals surface area contributed by atoms with Crippen molar-refractivity contribution >= 4 is 22.5 Å². The van der Waals surface area contributed by atoms with Gasteiger partial charge in [-0.3, -0.25) is 0 Å². The van der Waals surface area contributed by atoms with Crippen LogP contribution in [0, 0.1) is 5.41 Å². The van der Waals surface area contributed by atoms with Gasteiger partial charge in [0.15, 0.2) is 0 Å². The number of hydrogen-bond acceptors (Lipinski definition) is 1. The first-order valence-corrected chi connectivity index (χ1v) is 8.77. The fourth-order valence-electron chi connectivity index (χ4n) is 3.19. The Morgan fingerprint density at radius 1 is 1.12 bits per heavy atom. The number of nitrogens with zero attached hydrogens (tertiary/aromatic N) is 1. The number of aromatic nitrogens is 1. The summed E-state index contributed by atoms with van der Waals surface area (Å²) < 4.78 is 2.33. The van der Waals surface area contributed by atoms with E-state index in [4.69, 9.17) is 17.3 Å². The first-order valence-electron chi connectivity index (χ1n) is 8.39. The first kappa shape index (κ1) is 17.1. The zero-order valence-corrected chi connectivity index (χ0v) is 15.6. The van der Waals surface area contributed by atoms with Gasteiger partial charge < -0.3 is 10.3 Å². The fourth-order valence-corrected chi connectivity index (χ4v) is 3.43. The van der Waals surface area contributed by atoms with Crippen LogP contribution in [0.1, 0.15) is 39.3 Å². The molecule has 0 fully saturated rings. The van der Waals surface area contributed by atoms with Gasteiger partial charge in [0.1, 0.15) is 0 Å². The highest BCUT2D eigenvalue weighted by molar-refractivity contribution is 6.33. The van der Waals surface area contributed by atoms with Crippen LogP contribution in [0.3, 0.4) is 0 Å². The van der Waals surface area contributed by atoms with E-state index in [1.54, 1.807) is 0 Å². The molecule has 2 aromatic carbocycles. The van der Waals surface area contributed by atoms with Gasteiger partial charge >= 0.3 is 0 Å². The summed E-state index contributed by atoms with van der Waals surface area (Å²) in [5.41, 5.74) is 11.0. The van der Waals surface area contributed by atoms with Crippen LogP contribution in [0.15, 0.2) is 48.7 Å². The Kier molecular flexibility index (Phi) is 4.46. The largest absolute Gasteiger partial charge is 0.347 e. The molecule has 0 aliphatic rings. The summed E-state index contributed by atoms with van der Waals surface area (Å²) in [5.74, 6) is 0. The van der Waals surface area contributed by atoms with Gasteiger partial charge in [0, 0.05) is 40.3 Å². The molecule has 0 bridgehead atoms. The Balaban J connectivity index is 2.20. The molecule has 126 valence electrons. The minimum Gasteiger partial charge on any atom is -0.347 e. The molecule has 0 saturated heterocycles. The van der Waals surface area contributed by atoms with E-state index in [-0.39, 0.29) is 11.5 Å². The van der Waals surface area contributed by atoms with Gasteiger partial charge in [-0.25, -0.2) is 0 Å². The average Bonchev–Trinajstić information content (AvgIpc) is 2.84. The Morgan fingerprint density at radius 2 is 1.83 bits per heavy atom. The first-order chi connectivity index (χ1) is 11.3. The van der Waals surface area contributed by atoms with Crippen molar-refractivity contribution in [1.82, 2.24) is 4.57 Å². The van der Waals surface area contributed by atoms with Crippen LogP contribution in [-0.2, 0) is 6.54 Å². The lowest BCUT2D eigenvalue weighted by Crippen LogP contribution is -2.14. The van der Waals surface area contributed by atoms with Gasteiger partial charge in [-0.05, 0) is 35.6 Å². The zero-order valence-electron chi connectivity index (χ0n) is 14.8. The molecule has 1 atom stereocenters. The van der Waals surface area contributed by atoms with Gasteiger partial charge in [-0.2, -0.15) is 0 Å². The van der Waals surface area contributed by atoms with Gasteiger partial charge in [0.05, 0.1) is 0 Å². The average molecular weight is 341 g/mol. The van der Waals surface area contributed by atoms with E-state index in [2.05, 4.69) is 55.8 Å². The monoisotopic (exact) mass is 340 g/mol. The highest BCUT2D eigenvalue weighted by Gasteiger charge is 2.17. The summed E-state index contributed by atoms with van der Waals surface area (Å²) in [6.45, 7) is 9.74. The topological polar surface area (TPSA) is 30.9 Å². The molecular formula is C21H25ClN2. The molecule has 2 N–H and O–H groups in total. The summed E-state index contributed by atoms with van der Waals surface area (Å²) in [6, 6.07) is 14.5. The molecule has 0 unspecified atom stereocenters. The smallest absolute Gasteiger partial charge is 0.0490 e. The SMILES string of the molecule is C[C@@H](N)c1cn(CC(C)(C)C)c2cc(-c3ccccc3Cl)ccc12. The molecule has 3 aromatic rings. The predicted molar refractivity (Wildman–Crippen MR) is 104 cm³/mol. The van der Waals surface area contributed by atoms with Crippen molar-refractivity contribution in [3.05, 3.63) is 59.2 Å². The van der Waals surface area contributed by atoms with Crippen LogP contribution in [0.2, 0.25) is 5.02 Å². The summed E-state index contributed by atoms with van der Waals surface area (Å²) in [7, 11) is 0. The maximum Gasteiger partial charge on any atom is 0.0490 e. The maximum atomic E-state index is 6.39. The Bertz CT molecular complexity index is 869. The third kappa shape index (κ3) is 3.35. The van der Waals surface area contributed by atoms with Crippen LogP contribution in [0.5, 0.6) is 0 Å². The van der Waals surface area contributed by atoms with Crippen LogP contribution in [-0.4, -0.2) is 4.57 Å². The van der Waals surface area contributed by atoms with Gasteiger partial charge in [0.25, 0.3) is 0 Å². The van der Waals surface area contributed by atoms with Crippen molar-refractivity contribution in [2.75, 3.05) is 0 Å². The number of fused-ring (bicyclic) bond motifs is 1. The van der Waals surface area contributed by atoms with Crippen LogP contribution >= 0.6 is 11.6 Å². The van der Waals surface area contributed by atoms with Crippen molar-refractivity contribution in [3.63, 3.8) is 0 Å². The van der Waals surface area contributed by atoms with E-state index in [1.807, 2.05) is 25.1 Å². The molecule has 0 spiro atoms. The molecule has 0 aliphatic heterocycles. The number of rotatable bonds is 3. The molecule has 0 radical (unpaired) electrons. The zero-order chi connectivity index (χ0) is 17.5. The molecule has 2 nitrogen and oxygen atoms in total. The molecule has 1 aromatic heterocycles. The second kappa shape index (κ2) is 6.27. The summed E-state index contributed by atoms with van der Waals surface area (Å²) in [5, 5.41) is 2.00. The van der Waals surface area contributed by atoms with Crippen LogP contribution < -0.4 is 5.73 Å². The summed E-state index contributed by atoms with van der Waals surface area (Å²) >= 11 is 6.39. The highest BCUT2D eigenvalue weighted by Crippen LogP contribution is 2.34. The quantitative estimate of drug-likeness (QED) is 0.620. The fraction of sp³-hybridized carbons (Fsp3) is 0.333. The van der Waals surface area contributed by atoms with E-state index in [9.17, 15) is 0 Å². The molecule has 3 rings (SSSR count). The third-order valence-electron chi connectivity index (χ3n) is 4.23. The summed E-state index contributed by atoms with van der Waals surface area (Å²) in [6.07, 6.45) is 2.21. The molecule has 0 saturated carbocycles. The second-order valence-corrected chi connectivity index (χ2v) is 8.18. The molecule has 3 heteroatoms.